The molecule has 1 heterocycles. The third kappa shape index (κ3) is 3.00. The summed E-state index contributed by atoms with van der Waals surface area (Å²) in [5.41, 5.74) is 0.656. The quantitative estimate of drug-likeness (QED) is 0.838. The molecule has 0 radical (unpaired) electrons. The largest absolute Gasteiger partial charge is 0.377 e. The maximum Gasteiger partial charge on any atom is 0.230 e. The van der Waals surface area contributed by atoms with E-state index in [1.54, 1.807) is 6.07 Å². The molecule has 0 aromatic heterocycles. The Balaban J connectivity index is 2.07. The number of amides is 1. The lowest BCUT2D eigenvalue weighted by Gasteiger charge is -2.17. The molecule has 1 amide bonds. The van der Waals surface area contributed by atoms with Gasteiger partial charge in [0.05, 0.1) is 17.7 Å². The molecular formula is C13H15FINO2. The number of hydrogen-bond acceptors (Lipinski definition) is 2. The van der Waals surface area contributed by atoms with Crippen LogP contribution in [-0.2, 0) is 9.53 Å². The zero-order valence-corrected chi connectivity index (χ0v) is 12.2. The summed E-state index contributed by atoms with van der Waals surface area (Å²) < 4.78 is 19.2. The van der Waals surface area contributed by atoms with Crippen molar-refractivity contribution in [2.75, 3.05) is 11.9 Å². The molecule has 2 atom stereocenters. The third-order valence-electron chi connectivity index (χ3n) is 3.14. The Morgan fingerprint density at radius 2 is 2.39 bits per heavy atom. The van der Waals surface area contributed by atoms with Gasteiger partial charge in [0, 0.05) is 10.2 Å². The van der Waals surface area contributed by atoms with E-state index in [2.05, 4.69) is 5.32 Å². The van der Waals surface area contributed by atoms with Crippen LogP contribution in [0.4, 0.5) is 10.1 Å². The molecule has 0 aliphatic carbocycles. The second-order valence-electron chi connectivity index (χ2n) is 4.33. The highest BCUT2D eigenvalue weighted by atomic mass is 127. The second-order valence-corrected chi connectivity index (χ2v) is 5.49. The van der Waals surface area contributed by atoms with Crippen molar-refractivity contribution in [3.63, 3.8) is 0 Å². The summed E-state index contributed by atoms with van der Waals surface area (Å²) in [6.45, 7) is 2.65. The molecule has 1 fully saturated rings. The second kappa shape index (κ2) is 5.97. The van der Waals surface area contributed by atoms with Gasteiger partial charge in [-0.2, -0.15) is 0 Å². The Morgan fingerprint density at radius 1 is 1.61 bits per heavy atom. The van der Waals surface area contributed by atoms with Crippen molar-refractivity contribution in [3.05, 3.63) is 27.6 Å². The van der Waals surface area contributed by atoms with Gasteiger partial charge in [-0.15, -0.1) is 0 Å². The first-order chi connectivity index (χ1) is 8.61. The van der Waals surface area contributed by atoms with E-state index in [-0.39, 0.29) is 23.7 Å². The molecule has 98 valence electrons. The molecule has 1 aromatic rings. The fourth-order valence-electron chi connectivity index (χ4n) is 2.17. The van der Waals surface area contributed by atoms with Crippen LogP contribution in [0.2, 0.25) is 0 Å². The Hall–Kier alpha value is -0.690. The minimum atomic E-state index is -0.298. The van der Waals surface area contributed by atoms with Gasteiger partial charge in [0.1, 0.15) is 5.82 Å². The maximum absolute atomic E-state index is 13.0. The number of nitrogens with one attached hydrogen (secondary N) is 1. The zero-order valence-electron chi connectivity index (χ0n) is 10.1. The molecule has 3 nitrogen and oxygen atoms in total. The topological polar surface area (TPSA) is 38.3 Å². The molecule has 1 N–H and O–H groups in total. The van der Waals surface area contributed by atoms with E-state index in [0.29, 0.717) is 15.9 Å². The van der Waals surface area contributed by atoms with Gasteiger partial charge in [-0.3, -0.25) is 4.79 Å². The Bertz CT molecular complexity index is 453. The molecule has 0 spiro atoms. The van der Waals surface area contributed by atoms with Crippen molar-refractivity contribution in [2.45, 2.75) is 25.9 Å². The number of hydrogen-bond donors (Lipinski definition) is 1. The van der Waals surface area contributed by atoms with Crippen molar-refractivity contribution in [3.8, 4) is 0 Å². The predicted molar refractivity (Wildman–Crippen MR) is 75.9 cm³/mol. The van der Waals surface area contributed by atoms with Gasteiger partial charge in [0.15, 0.2) is 0 Å². The first-order valence-corrected chi connectivity index (χ1v) is 7.07. The number of benzene rings is 1. The molecular weight excluding hydrogens is 348 g/mol. The lowest BCUT2D eigenvalue weighted by atomic mass is 9.98. The molecule has 5 heteroatoms. The van der Waals surface area contributed by atoms with Crippen LogP contribution >= 0.6 is 22.6 Å². The van der Waals surface area contributed by atoms with Crippen LogP contribution in [0.5, 0.6) is 0 Å². The van der Waals surface area contributed by atoms with Gasteiger partial charge < -0.3 is 10.1 Å². The lowest BCUT2D eigenvalue weighted by molar-refractivity contribution is -0.121. The van der Waals surface area contributed by atoms with E-state index in [0.717, 1.165) is 12.8 Å². The minimum Gasteiger partial charge on any atom is -0.377 e. The molecule has 1 aliphatic rings. The average molecular weight is 363 g/mol. The van der Waals surface area contributed by atoms with Crippen LogP contribution in [0, 0.1) is 15.3 Å². The Kier molecular flexibility index (Phi) is 4.55. The third-order valence-corrected chi connectivity index (χ3v) is 4.03. The lowest BCUT2D eigenvalue weighted by Crippen LogP contribution is -2.29. The number of ether oxygens (including phenoxy) is 1. The first kappa shape index (κ1) is 13.7. The van der Waals surface area contributed by atoms with Gasteiger partial charge >= 0.3 is 0 Å². The number of halogens is 2. The van der Waals surface area contributed by atoms with Crippen molar-refractivity contribution in [1.82, 2.24) is 0 Å². The van der Waals surface area contributed by atoms with Crippen LogP contribution in [0.1, 0.15) is 19.8 Å². The number of carbonyl (C=O) groups is 1. The van der Waals surface area contributed by atoms with Gasteiger partial charge in [-0.05, 0) is 53.6 Å². The summed E-state index contributed by atoms with van der Waals surface area (Å²) in [6, 6.07) is 4.34. The van der Waals surface area contributed by atoms with E-state index >= 15 is 0 Å². The maximum atomic E-state index is 13.0. The molecule has 18 heavy (non-hydrogen) atoms. The van der Waals surface area contributed by atoms with E-state index in [9.17, 15) is 9.18 Å². The standard InChI is InChI=1S/C13H15FINO2/c1-2-12-9(5-6-18-12)13(17)16-11-4-3-8(14)7-10(11)15/h3-4,7,9,12H,2,5-6H2,1H3,(H,16,17). The van der Waals surface area contributed by atoms with E-state index in [4.69, 9.17) is 4.74 Å². The van der Waals surface area contributed by atoms with Crippen molar-refractivity contribution in [1.29, 1.82) is 0 Å². The minimum absolute atomic E-state index is 0.00288. The first-order valence-electron chi connectivity index (χ1n) is 5.99. The summed E-state index contributed by atoms with van der Waals surface area (Å²) in [4.78, 5) is 12.1. The molecule has 0 bridgehead atoms. The Labute approximate surface area is 119 Å². The fraction of sp³-hybridized carbons (Fsp3) is 0.462. The summed E-state index contributed by atoms with van der Waals surface area (Å²) >= 11 is 2.01. The van der Waals surface area contributed by atoms with E-state index < -0.39 is 0 Å². The molecule has 1 aliphatic heterocycles. The molecule has 2 rings (SSSR count). The Morgan fingerprint density at radius 3 is 3.06 bits per heavy atom. The summed E-state index contributed by atoms with van der Waals surface area (Å²) in [5.74, 6) is -0.437. The van der Waals surface area contributed by atoms with Crippen LogP contribution in [0.3, 0.4) is 0 Å². The number of rotatable bonds is 3. The van der Waals surface area contributed by atoms with Crippen molar-refractivity contribution >= 4 is 34.2 Å². The fourth-order valence-corrected chi connectivity index (χ4v) is 2.78. The smallest absolute Gasteiger partial charge is 0.230 e. The van der Waals surface area contributed by atoms with Gasteiger partial charge in [0.2, 0.25) is 5.91 Å². The van der Waals surface area contributed by atoms with E-state index in [1.807, 2.05) is 29.5 Å². The van der Waals surface area contributed by atoms with Crippen molar-refractivity contribution < 1.29 is 13.9 Å². The van der Waals surface area contributed by atoms with Crippen LogP contribution in [0.15, 0.2) is 18.2 Å². The predicted octanol–water partition coefficient (Wildman–Crippen LogP) is 3.18. The van der Waals surface area contributed by atoms with Crippen LogP contribution in [-0.4, -0.2) is 18.6 Å². The number of carbonyl (C=O) groups excluding carboxylic acids is 1. The van der Waals surface area contributed by atoms with Gasteiger partial charge in [-0.25, -0.2) is 4.39 Å². The zero-order chi connectivity index (χ0) is 13.1. The highest BCUT2D eigenvalue weighted by molar-refractivity contribution is 14.1. The van der Waals surface area contributed by atoms with Crippen molar-refractivity contribution in [2.24, 2.45) is 5.92 Å². The van der Waals surface area contributed by atoms with Crippen LogP contribution < -0.4 is 5.32 Å². The highest BCUT2D eigenvalue weighted by Gasteiger charge is 2.32. The molecule has 1 aromatic carbocycles. The SMILES string of the molecule is CCC1OCCC1C(=O)Nc1ccc(F)cc1I. The molecule has 2 unspecified atom stereocenters. The molecule has 1 saturated heterocycles. The van der Waals surface area contributed by atoms with Gasteiger partial charge in [0.25, 0.3) is 0 Å². The monoisotopic (exact) mass is 363 g/mol. The van der Waals surface area contributed by atoms with Gasteiger partial charge in [-0.1, -0.05) is 6.92 Å². The highest BCUT2D eigenvalue weighted by Crippen LogP contribution is 2.26. The molecule has 0 saturated carbocycles. The normalized spacial score (nSPS) is 23.1. The van der Waals surface area contributed by atoms with Crippen LogP contribution in [0.25, 0.3) is 0 Å². The summed E-state index contributed by atoms with van der Waals surface area (Å²) in [7, 11) is 0. The van der Waals surface area contributed by atoms with E-state index in [1.165, 1.54) is 12.1 Å². The number of anilines is 1. The average Bonchev–Trinajstić information content (AvgIpc) is 2.81. The summed E-state index contributed by atoms with van der Waals surface area (Å²) in [6.07, 6.45) is 1.59. The summed E-state index contributed by atoms with van der Waals surface area (Å²) in [5, 5.41) is 2.85.